The maximum absolute atomic E-state index is 12.1. The fraction of sp³-hybridized carbons (Fsp3) is 0.143. The molecule has 110 valence electrons. The summed E-state index contributed by atoms with van der Waals surface area (Å²) < 4.78 is 27.8. The molecule has 0 unspecified atom stereocenters. The number of aliphatic hydroxyl groups is 1. The molecule has 2 rings (SSSR count). The molecule has 0 saturated heterocycles. The third-order valence-electron chi connectivity index (χ3n) is 2.54. The molecular weight excluding hydrogens is 374 g/mol. The Morgan fingerprint density at radius 1 is 1.19 bits per heavy atom. The Balaban J connectivity index is 2.08. The molecule has 21 heavy (non-hydrogen) atoms. The zero-order valence-corrected chi connectivity index (χ0v) is 14.1. The third-order valence-corrected chi connectivity index (χ3v) is 5.58. The Kier molecular flexibility index (Phi) is 5.56. The zero-order valence-electron chi connectivity index (χ0n) is 10.8. The summed E-state index contributed by atoms with van der Waals surface area (Å²) in [5.74, 6) is 5.22. The van der Waals surface area contributed by atoms with Gasteiger partial charge in [0.05, 0.1) is 8.68 Å². The predicted molar refractivity (Wildman–Crippen MR) is 86.5 cm³/mol. The van der Waals surface area contributed by atoms with E-state index in [1.54, 1.807) is 12.1 Å². The van der Waals surface area contributed by atoms with E-state index >= 15 is 0 Å². The molecule has 7 heteroatoms. The van der Waals surface area contributed by atoms with Crippen molar-refractivity contribution >= 4 is 37.3 Å². The minimum atomic E-state index is -3.54. The van der Waals surface area contributed by atoms with Crippen LogP contribution in [-0.2, 0) is 16.6 Å². The van der Waals surface area contributed by atoms with Gasteiger partial charge in [-0.2, -0.15) is 0 Å². The topological polar surface area (TPSA) is 66.4 Å². The Morgan fingerprint density at radius 3 is 2.48 bits per heavy atom. The highest BCUT2D eigenvalue weighted by atomic mass is 79.9. The van der Waals surface area contributed by atoms with Crippen LogP contribution in [-0.4, -0.2) is 20.1 Å². The van der Waals surface area contributed by atoms with Gasteiger partial charge in [0.1, 0.15) is 6.61 Å². The molecule has 2 N–H and O–H groups in total. The zero-order chi connectivity index (χ0) is 15.3. The van der Waals surface area contributed by atoms with Crippen molar-refractivity contribution in [1.29, 1.82) is 0 Å². The fourth-order valence-electron chi connectivity index (χ4n) is 1.56. The summed E-state index contributed by atoms with van der Waals surface area (Å²) in [4.78, 5) is 1.11. The monoisotopic (exact) mass is 385 g/mol. The van der Waals surface area contributed by atoms with Gasteiger partial charge in [0, 0.05) is 17.0 Å². The number of nitrogens with one attached hydrogen (secondary N) is 1. The second-order valence-corrected chi connectivity index (χ2v) is 8.33. The lowest BCUT2D eigenvalue weighted by Gasteiger charge is -2.05. The van der Waals surface area contributed by atoms with Crippen LogP contribution in [0.4, 0.5) is 0 Å². The lowest BCUT2D eigenvalue weighted by atomic mass is 10.2. The number of rotatable bonds is 4. The van der Waals surface area contributed by atoms with Crippen molar-refractivity contribution in [2.24, 2.45) is 0 Å². The first-order valence-electron chi connectivity index (χ1n) is 5.95. The summed E-state index contributed by atoms with van der Waals surface area (Å²) in [5.41, 5.74) is 0.658. The van der Waals surface area contributed by atoms with E-state index in [0.717, 1.165) is 8.66 Å². The molecule has 1 aromatic carbocycles. The van der Waals surface area contributed by atoms with Crippen molar-refractivity contribution in [1.82, 2.24) is 4.72 Å². The van der Waals surface area contributed by atoms with Crippen molar-refractivity contribution in [3.63, 3.8) is 0 Å². The number of sulfonamides is 1. The van der Waals surface area contributed by atoms with E-state index in [9.17, 15) is 8.42 Å². The van der Waals surface area contributed by atoms with E-state index in [4.69, 9.17) is 5.11 Å². The second kappa shape index (κ2) is 7.20. The highest BCUT2D eigenvalue weighted by molar-refractivity contribution is 9.11. The summed E-state index contributed by atoms with van der Waals surface area (Å²) in [7, 11) is -3.54. The molecule has 0 amide bonds. The predicted octanol–water partition coefficient (Wildman–Crippen LogP) is 2.33. The third kappa shape index (κ3) is 4.66. The van der Waals surface area contributed by atoms with E-state index in [-0.39, 0.29) is 18.0 Å². The quantitative estimate of drug-likeness (QED) is 0.793. The van der Waals surface area contributed by atoms with Crippen LogP contribution in [0.3, 0.4) is 0 Å². The van der Waals surface area contributed by atoms with Gasteiger partial charge in [0.15, 0.2) is 0 Å². The van der Waals surface area contributed by atoms with E-state index in [2.05, 4.69) is 32.5 Å². The first-order chi connectivity index (χ1) is 10.0. The molecule has 2 aromatic rings. The van der Waals surface area contributed by atoms with Gasteiger partial charge >= 0.3 is 0 Å². The largest absolute Gasteiger partial charge is 0.384 e. The number of hydrogen-bond donors (Lipinski definition) is 2. The van der Waals surface area contributed by atoms with Crippen LogP contribution in [0.25, 0.3) is 0 Å². The molecule has 0 aliphatic carbocycles. The van der Waals surface area contributed by atoms with Crippen LogP contribution in [0.2, 0.25) is 0 Å². The van der Waals surface area contributed by atoms with Gasteiger partial charge in [-0.1, -0.05) is 11.8 Å². The summed E-state index contributed by atoms with van der Waals surface area (Å²) in [6.45, 7) is 0.0304. The van der Waals surface area contributed by atoms with Crippen molar-refractivity contribution in [2.45, 2.75) is 11.4 Å². The minimum Gasteiger partial charge on any atom is -0.384 e. The molecule has 0 radical (unpaired) electrons. The Hall–Kier alpha value is -1.17. The van der Waals surface area contributed by atoms with Crippen LogP contribution in [0.1, 0.15) is 10.4 Å². The molecular formula is C14H12BrNO3S2. The first-order valence-corrected chi connectivity index (χ1v) is 9.04. The summed E-state index contributed by atoms with van der Waals surface area (Å²) in [6, 6.07) is 9.95. The molecule has 0 spiro atoms. The SMILES string of the molecule is O=S(=O)(NCc1ccc(Br)s1)c1ccc(C#CCO)cc1. The van der Waals surface area contributed by atoms with Gasteiger partial charge in [0.25, 0.3) is 0 Å². The number of thiophene rings is 1. The van der Waals surface area contributed by atoms with E-state index < -0.39 is 10.0 Å². The lowest BCUT2D eigenvalue weighted by Crippen LogP contribution is -2.22. The molecule has 4 nitrogen and oxygen atoms in total. The molecule has 0 fully saturated rings. The van der Waals surface area contributed by atoms with Crippen molar-refractivity contribution in [2.75, 3.05) is 6.61 Å². The van der Waals surface area contributed by atoms with Crippen molar-refractivity contribution < 1.29 is 13.5 Å². The maximum Gasteiger partial charge on any atom is 0.240 e. The Bertz CT molecular complexity index is 771. The highest BCUT2D eigenvalue weighted by Gasteiger charge is 2.13. The van der Waals surface area contributed by atoms with Gasteiger partial charge in [-0.25, -0.2) is 13.1 Å². The number of halogens is 1. The normalized spacial score (nSPS) is 11.0. The lowest BCUT2D eigenvalue weighted by molar-refractivity contribution is 0.350. The van der Waals surface area contributed by atoms with Crippen molar-refractivity contribution in [3.05, 3.63) is 50.6 Å². The smallest absolute Gasteiger partial charge is 0.240 e. The summed E-state index contributed by atoms with van der Waals surface area (Å²) in [6.07, 6.45) is 0. The van der Waals surface area contributed by atoms with Crippen LogP contribution in [0.5, 0.6) is 0 Å². The van der Waals surface area contributed by atoms with E-state index in [1.807, 2.05) is 12.1 Å². The molecule has 0 aliphatic heterocycles. The van der Waals surface area contributed by atoms with Crippen LogP contribution < -0.4 is 4.72 Å². The van der Waals surface area contributed by atoms with Crippen molar-refractivity contribution in [3.8, 4) is 11.8 Å². The van der Waals surface area contributed by atoms with Gasteiger partial charge < -0.3 is 5.11 Å². The average molecular weight is 386 g/mol. The standard InChI is InChI=1S/C14H12BrNO3S2/c15-14-8-5-12(20-14)10-16-21(18,19)13-6-3-11(4-7-13)2-1-9-17/h3-8,16-17H,9-10H2. The molecule has 1 heterocycles. The fourth-order valence-corrected chi connectivity index (χ4v) is 4.08. The maximum atomic E-state index is 12.1. The first kappa shape index (κ1) is 16.2. The number of hydrogen-bond acceptors (Lipinski definition) is 4. The Labute approximate surface area is 136 Å². The highest BCUT2D eigenvalue weighted by Crippen LogP contribution is 2.22. The second-order valence-electron chi connectivity index (χ2n) is 4.01. The minimum absolute atomic E-state index is 0.188. The summed E-state index contributed by atoms with van der Waals surface area (Å²) >= 11 is 4.82. The summed E-state index contributed by atoms with van der Waals surface area (Å²) in [5, 5.41) is 8.61. The molecule has 0 aliphatic rings. The van der Waals surface area contributed by atoms with Crippen LogP contribution in [0, 0.1) is 11.8 Å². The average Bonchev–Trinajstić information content (AvgIpc) is 2.89. The molecule has 0 bridgehead atoms. The van der Waals surface area contributed by atoms with E-state index in [0.29, 0.717) is 5.56 Å². The van der Waals surface area contributed by atoms with Gasteiger partial charge in [-0.05, 0) is 52.3 Å². The Morgan fingerprint density at radius 2 is 1.90 bits per heavy atom. The molecule has 0 atom stereocenters. The van der Waals surface area contributed by atoms with Crippen LogP contribution in [0.15, 0.2) is 45.1 Å². The number of aliphatic hydroxyl groups excluding tert-OH is 1. The number of benzene rings is 1. The van der Waals surface area contributed by atoms with Crippen LogP contribution >= 0.6 is 27.3 Å². The van der Waals surface area contributed by atoms with Gasteiger partial charge in [0.2, 0.25) is 10.0 Å². The van der Waals surface area contributed by atoms with Gasteiger partial charge in [-0.15, -0.1) is 11.3 Å². The molecule has 1 aromatic heterocycles. The van der Waals surface area contributed by atoms with E-state index in [1.165, 1.54) is 23.5 Å². The van der Waals surface area contributed by atoms with Gasteiger partial charge in [-0.3, -0.25) is 0 Å². The molecule has 0 saturated carbocycles.